The Labute approximate surface area is 286 Å². The van der Waals surface area contributed by atoms with Crippen molar-refractivity contribution >= 4 is 47.8 Å². The first kappa shape index (κ1) is 36.7. The molecule has 0 radical (unpaired) electrons. The van der Waals surface area contributed by atoms with Crippen LogP contribution >= 0.6 is 0 Å². The predicted molar refractivity (Wildman–Crippen MR) is 172 cm³/mol. The molecule has 0 saturated carbocycles. The number of ether oxygens (including phenoxy) is 1. The van der Waals surface area contributed by atoms with Crippen molar-refractivity contribution in [1.29, 1.82) is 0 Å². The van der Waals surface area contributed by atoms with Crippen LogP contribution in [0.15, 0.2) is 84.9 Å². The standard InChI is InChI=1S/C36H26O15/c1-35(19-9-3-7-17(15-19)27(37)38,23-13-5-11-21(29(41)42)25(23)31(45)46)33(49)51-34(50)36(2,20-10-4-8-18(16-20)28(39)40)24-14-6-12-22(30(43)44)26(24)32(47)48/h3-16H,1-2H3,(H,37,38)(H,39,40)(H,41,42)(H,43,44)(H,45,46)(H,47,48). The average molecular weight is 699 g/mol. The van der Waals surface area contributed by atoms with Crippen molar-refractivity contribution in [2.45, 2.75) is 24.7 Å². The third-order valence-corrected chi connectivity index (χ3v) is 8.47. The van der Waals surface area contributed by atoms with E-state index in [4.69, 9.17) is 4.74 Å². The number of carboxylic acids is 6. The summed E-state index contributed by atoms with van der Waals surface area (Å²) in [4.78, 5) is 102. The van der Waals surface area contributed by atoms with Gasteiger partial charge in [0.1, 0.15) is 10.8 Å². The number of carbonyl (C=O) groups is 8. The summed E-state index contributed by atoms with van der Waals surface area (Å²) in [6.07, 6.45) is 0. The fraction of sp³-hybridized carbons (Fsp3) is 0.111. The average Bonchev–Trinajstić information content (AvgIpc) is 3.09. The van der Waals surface area contributed by atoms with Gasteiger partial charge in [0.25, 0.3) is 0 Å². The molecule has 0 amide bonds. The van der Waals surface area contributed by atoms with Crippen LogP contribution < -0.4 is 0 Å². The zero-order chi connectivity index (χ0) is 38.0. The van der Waals surface area contributed by atoms with Gasteiger partial charge in [0.2, 0.25) is 0 Å². The second-order valence-corrected chi connectivity index (χ2v) is 11.4. The lowest BCUT2D eigenvalue weighted by molar-refractivity contribution is -0.165. The molecule has 6 N–H and O–H groups in total. The van der Waals surface area contributed by atoms with Gasteiger partial charge in [0.05, 0.1) is 33.4 Å². The van der Waals surface area contributed by atoms with E-state index in [1.54, 1.807) is 0 Å². The van der Waals surface area contributed by atoms with E-state index in [9.17, 15) is 69.0 Å². The SMILES string of the molecule is CC(C(=O)OC(=O)C(C)(c1cccc(C(=O)O)c1)c1cccc(C(=O)O)c1C(=O)O)(c1cccc(C(=O)O)c1)c1cccc(C(=O)O)c1C(=O)O. The zero-order valence-electron chi connectivity index (χ0n) is 26.4. The van der Waals surface area contributed by atoms with Crippen LogP contribution in [0, 0.1) is 0 Å². The lowest BCUT2D eigenvalue weighted by Gasteiger charge is -2.34. The Kier molecular flexibility index (Phi) is 9.89. The summed E-state index contributed by atoms with van der Waals surface area (Å²) in [5.41, 5.74) is -10.7. The van der Waals surface area contributed by atoms with Crippen molar-refractivity contribution in [3.63, 3.8) is 0 Å². The van der Waals surface area contributed by atoms with Crippen molar-refractivity contribution < 1.29 is 73.7 Å². The molecule has 0 aliphatic rings. The zero-order valence-corrected chi connectivity index (χ0v) is 26.4. The minimum Gasteiger partial charge on any atom is -0.478 e. The summed E-state index contributed by atoms with van der Waals surface area (Å²) in [6.45, 7) is 2.10. The highest BCUT2D eigenvalue weighted by Crippen LogP contribution is 2.41. The van der Waals surface area contributed by atoms with Gasteiger partial charge in [0.15, 0.2) is 0 Å². The third kappa shape index (κ3) is 6.50. The van der Waals surface area contributed by atoms with E-state index >= 15 is 0 Å². The van der Waals surface area contributed by atoms with Gasteiger partial charge in [-0.1, -0.05) is 48.5 Å². The summed E-state index contributed by atoms with van der Waals surface area (Å²) in [6, 6.07) is 15.2. The predicted octanol–water partition coefficient (Wildman–Crippen LogP) is 4.26. The second-order valence-electron chi connectivity index (χ2n) is 11.4. The lowest BCUT2D eigenvalue weighted by atomic mass is 9.72. The van der Waals surface area contributed by atoms with E-state index < -0.39 is 103 Å². The van der Waals surface area contributed by atoms with E-state index in [2.05, 4.69) is 0 Å². The molecule has 2 atom stereocenters. The molecule has 51 heavy (non-hydrogen) atoms. The smallest absolute Gasteiger partial charge is 0.336 e. The van der Waals surface area contributed by atoms with Crippen LogP contribution in [0.1, 0.15) is 98.2 Å². The molecule has 0 heterocycles. The molecule has 15 heteroatoms. The van der Waals surface area contributed by atoms with E-state index in [1.807, 2.05) is 0 Å². The summed E-state index contributed by atoms with van der Waals surface area (Å²) < 4.78 is 5.42. The topological polar surface area (TPSA) is 267 Å². The number of aromatic carboxylic acids is 6. The van der Waals surface area contributed by atoms with Crippen LogP contribution in [0.3, 0.4) is 0 Å². The van der Waals surface area contributed by atoms with Crippen molar-refractivity contribution in [1.82, 2.24) is 0 Å². The normalized spacial score (nSPS) is 13.1. The van der Waals surface area contributed by atoms with Gasteiger partial charge < -0.3 is 35.4 Å². The Morgan fingerprint density at radius 3 is 1.08 bits per heavy atom. The van der Waals surface area contributed by atoms with Gasteiger partial charge >= 0.3 is 47.8 Å². The molecule has 0 aliphatic heterocycles. The summed E-state index contributed by atoms with van der Waals surface area (Å²) in [5, 5.41) is 59.2. The van der Waals surface area contributed by atoms with Gasteiger partial charge in [-0.3, -0.25) is 9.59 Å². The second kappa shape index (κ2) is 13.8. The third-order valence-electron chi connectivity index (χ3n) is 8.47. The molecule has 260 valence electrons. The van der Waals surface area contributed by atoms with Crippen molar-refractivity contribution in [3.8, 4) is 0 Å². The molecule has 4 aromatic rings. The number of carboxylic acid groups (broad SMARTS) is 6. The van der Waals surface area contributed by atoms with Gasteiger partial charge in [-0.25, -0.2) is 28.8 Å². The minimum atomic E-state index is -2.47. The van der Waals surface area contributed by atoms with Crippen molar-refractivity contribution in [2.24, 2.45) is 0 Å². The molecule has 4 rings (SSSR count). The van der Waals surface area contributed by atoms with Gasteiger partial charge in [-0.05, 0) is 72.5 Å². The molecule has 0 fully saturated rings. The van der Waals surface area contributed by atoms with Crippen molar-refractivity contribution in [3.05, 3.63) is 141 Å². The maximum absolute atomic E-state index is 14.5. The Hall–Kier alpha value is -7.16. The maximum atomic E-state index is 14.5. The highest BCUT2D eigenvalue weighted by Gasteiger charge is 2.49. The van der Waals surface area contributed by atoms with E-state index in [1.165, 1.54) is 24.3 Å². The Morgan fingerprint density at radius 2 is 0.784 bits per heavy atom. The van der Waals surface area contributed by atoms with E-state index in [0.29, 0.717) is 0 Å². The Balaban J connectivity index is 2.06. The molecule has 4 aromatic carbocycles. The van der Waals surface area contributed by atoms with Crippen LogP contribution in [-0.2, 0) is 25.2 Å². The Bertz CT molecular complexity index is 2030. The number of esters is 2. The first-order valence-corrected chi connectivity index (χ1v) is 14.5. The fourth-order valence-electron chi connectivity index (χ4n) is 5.74. The fourth-order valence-corrected chi connectivity index (χ4v) is 5.74. The quantitative estimate of drug-likeness (QED) is 0.0891. The molecule has 0 saturated heterocycles. The maximum Gasteiger partial charge on any atom is 0.336 e. The van der Waals surface area contributed by atoms with Crippen LogP contribution in [0.25, 0.3) is 0 Å². The minimum absolute atomic E-state index is 0.265. The Morgan fingerprint density at radius 1 is 0.451 bits per heavy atom. The molecule has 2 unspecified atom stereocenters. The van der Waals surface area contributed by atoms with Crippen LogP contribution in [0.2, 0.25) is 0 Å². The summed E-state index contributed by atoms with van der Waals surface area (Å²) >= 11 is 0. The first-order valence-electron chi connectivity index (χ1n) is 14.5. The first-order chi connectivity index (χ1) is 23.9. The highest BCUT2D eigenvalue weighted by atomic mass is 16.6. The number of rotatable bonds is 12. The van der Waals surface area contributed by atoms with Crippen LogP contribution in [-0.4, -0.2) is 78.4 Å². The molecular weight excluding hydrogens is 672 g/mol. The van der Waals surface area contributed by atoms with Crippen LogP contribution in [0.4, 0.5) is 0 Å². The van der Waals surface area contributed by atoms with Gasteiger partial charge in [-0.2, -0.15) is 0 Å². The number of hydrogen-bond acceptors (Lipinski definition) is 9. The van der Waals surface area contributed by atoms with Crippen molar-refractivity contribution in [2.75, 3.05) is 0 Å². The molecule has 0 aromatic heterocycles. The molecule has 0 spiro atoms. The van der Waals surface area contributed by atoms with Gasteiger partial charge in [0, 0.05) is 0 Å². The monoisotopic (exact) mass is 698 g/mol. The van der Waals surface area contributed by atoms with Gasteiger partial charge in [-0.15, -0.1) is 0 Å². The van der Waals surface area contributed by atoms with Crippen LogP contribution in [0.5, 0.6) is 0 Å². The molecular formula is C36H26O15. The lowest BCUT2D eigenvalue weighted by Crippen LogP contribution is -2.44. The van der Waals surface area contributed by atoms with E-state index in [0.717, 1.165) is 74.5 Å². The number of benzene rings is 4. The molecule has 15 nitrogen and oxygen atoms in total. The van der Waals surface area contributed by atoms with E-state index in [-0.39, 0.29) is 11.1 Å². The number of carbonyl (C=O) groups excluding carboxylic acids is 2. The molecule has 0 aliphatic carbocycles. The number of hydrogen-bond donors (Lipinski definition) is 6. The molecule has 0 bridgehead atoms. The summed E-state index contributed by atoms with van der Waals surface area (Å²) in [7, 11) is 0. The summed E-state index contributed by atoms with van der Waals surface area (Å²) in [5.74, 6) is -13.1. The highest BCUT2D eigenvalue weighted by molar-refractivity contribution is 6.08. The largest absolute Gasteiger partial charge is 0.478 e.